The van der Waals surface area contributed by atoms with Crippen molar-refractivity contribution in [3.63, 3.8) is 0 Å². The maximum Gasteiger partial charge on any atom is 0.323 e. The molecular formula is C13H19N3O2S. The Morgan fingerprint density at radius 2 is 1.95 bits per heavy atom. The first-order valence-electron chi connectivity index (χ1n) is 6.32. The summed E-state index contributed by atoms with van der Waals surface area (Å²) in [5.74, 6) is -0.909. The molecule has 0 aromatic carbocycles. The number of carbonyl (C=O) groups is 1. The highest BCUT2D eigenvalue weighted by atomic mass is 32.2. The van der Waals surface area contributed by atoms with Gasteiger partial charge in [-0.25, -0.2) is 9.97 Å². The predicted octanol–water partition coefficient (Wildman–Crippen LogP) is 1.83. The van der Waals surface area contributed by atoms with Crippen molar-refractivity contribution in [2.45, 2.75) is 56.0 Å². The molecule has 1 aromatic heterocycles. The summed E-state index contributed by atoms with van der Waals surface area (Å²) >= 11 is 1.54. The predicted molar refractivity (Wildman–Crippen MR) is 74.3 cm³/mol. The van der Waals surface area contributed by atoms with E-state index in [0.717, 1.165) is 28.5 Å². The van der Waals surface area contributed by atoms with Crippen LogP contribution in [0.5, 0.6) is 0 Å². The van der Waals surface area contributed by atoms with Crippen molar-refractivity contribution in [2.75, 3.05) is 0 Å². The summed E-state index contributed by atoms with van der Waals surface area (Å²) in [4.78, 5) is 20.0. The standard InChI is InChI=1S/C13H19N3O2S/c1-7-8(2)15-12(16-9(7)3)19-10-4-5-13(14,6-10)11(17)18/h10H,4-6,14H2,1-3H3,(H,17,18). The van der Waals surface area contributed by atoms with Crippen molar-refractivity contribution in [1.82, 2.24) is 9.97 Å². The Morgan fingerprint density at radius 3 is 2.42 bits per heavy atom. The lowest BCUT2D eigenvalue weighted by Crippen LogP contribution is -2.45. The van der Waals surface area contributed by atoms with Gasteiger partial charge in [-0.15, -0.1) is 0 Å². The molecule has 0 spiro atoms. The number of carboxylic acid groups (broad SMARTS) is 1. The number of aliphatic carboxylic acids is 1. The number of thioether (sulfide) groups is 1. The van der Waals surface area contributed by atoms with E-state index >= 15 is 0 Å². The molecule has 0 saturated heterocycles. The van der Waals surface area contributed by atoms with Crippen LogP contribution >= 0.6 is 11.8 Å². The van der Waals surface area contributed by atoms with Crippen molar-refractivity contribution < 1.29 is 9.90 Å². The first-order chi connectivity index (χ1) is 8.82. The topological polar surface area (TPSA) is 89.1 Å². The number of aromatic nitrogens is 2. The minimum Gasteiger partial charge on any atom is -0.480 e. The first-order valence-corrected chi connectivity index (χ1v) is 7.20. The van der Waals surface area contributed by atoms with Gasteiger partial charge >= 0.3 is 5.97 Å². The fourth-order valence-electron chi connectivity index (χ4n) is 2.27. The lowest BCUT2D eigenvalue weighted by molar-refractivity contribution is -0.143. The number of hydrogen-bond acceptors (Lipinski definition) is 5. The van der Waals surface area contributed by atoms with Gasteiger partial charge in [0, 0.05) is 16.6 Å². The fraction of sp³-hybridized carbons (Fsp3) is 0.615. The third-order valence-electron chi connectivity index (χ3n) is 3.81. The highest BCUT2D eigenvalue weighted by Gasteiger charge is 2.42. The quantitative estimate of drug-likeness (QED) is 0.822. The van der Waals surface area contributed by atoms with Gasteiger partial charge in [-0.3, -0.25) is 4.79 Å². The summed E-state index contributed by atoms with van der Waals surface area (Å²) in [6.07, 6.45) is 1.79. The Morgan fingerprint density at radius 1 is 1.37 bits per heavy atom. The number of rotatable bonds is 3. The van der Waals surface area contributed by atoms with Crippen molar-refractivity contribution >= 4 is 17.7 Å². The van der Waals surface area contributed by atoms with Crippen LogP contribution in [0.1, 0.15) is 36.2 Å². The van der Waals surface area contributed by atoms with Gasteiger partial charge in [-0.2, -0.15) is 0 Å². The summed E-state index contributed by atoms with van der Waals surface area (Å²) in [5.41, 5.74) is 7.86. The second kappa shape index (κ2) is 5.09. The molecule has 2 rings (SSSR count). The number of nitrogens with two attached hydrogens (primary N) is 1. The summed E-state index contributed by atoms with van der Waals surface area (Å²) in [6, 6.07) is 0. The van der Waals surface area contributed by atoms with E-state index in [9.17, 15) is 4.79 Å². The van der Waals surface area contributed by atoms with Crippen LogP contribution in [0.3, 0.4) is 0 Å². The average molecular weight is 281 g/mol. The van der Waals surface area contributed by atoms with Crippen molar-refractivity contribution in [2.24, 2.45) is 5.73 Å². The summed E-state index contributed by atoms with van der Waals surface area (Å²) in [7, 11) is 0. The summed E-state index contributed by atoms with van der Waals surface area (Å²) < 4.78 is 0. The molecule has 6 heteroatoms. The zero-order chi connectivity index (χ0) is 14.2. The molecule has 1 aromatic rings. The van der Waals surface area contributed by atoms with E-state index in [1.54, 1.807) is 11.8 Å². The molecule has 1 aliphatic rings. The van der Waals surface area contributed by atoms with E-state index in [2.05, 4.69) is 9.97 Å². The molecule has 0 amide bonds. The second-order valence-corrected chi connectivity index (χ2v) is 6.51. The Labute approximate surface area is 117 Å². The highest BCUT2D eigenvalue weighted by Crippen LogP contribution is 2.38. The van der Waals surface area contributed by atoms with Gasteiger partial charge in [0.25, 0.3) is 0 Å². The van der Waals surface area contributed by atoms with Gasteiger partial charge in [0.15, 0.2) is 5.16 Å². The third kappa shape index (κ3) is 2.90. The van der Waals surface area contributed by atoms with Gasteiger partial charge in [-0.05, 0) is 45.6 Å². The zero-order valence-corrected chi connectivity index (χ0v) is 12.3. The van der Waals surface area contributed by atoms with Crippen LogP contribution in [-0.4, -0.2) is 31.8 Å². The second-order valence-electron chi connectivity index (χ2n) is 5.25. The Hall–Kier alpha value is -1.14. The van der Waals surface area contributed by atoms with E-state index in [0.29, 0.717) is 12.8 Å². The minimum absolute atomic E-state index is 0.183. The Kier molecular flexibility index (Phi) is 3.82. The molecule has 3 N–H and O–H groups in total. The van der Waals surface area contributed by atoms with E-state index in [4.69, 9.17) is 10.8 Å². The molecule has 0 bridgehead atoms. The highest BCUT2D eigenvalue weighted by molar-refractivity contribution is 7.99. The first kappa shape index (κ1) is 14.3. The maximum absolute atomic E-state index is 11.1. The maximum atomic E-state index is 11.1. The minimum atomic E-state index is -1.08. The van der Waals surface area contributed by atoms with E-state index < -0.39 is 11.5 Å². The largest absolute Gasteiger partial charge is 0.480 e. The lowest BCUT2D eigenvalue weighted by atomic mass is 10.0. The molecule has 1 heterocycles. The molecule has 19 heavy (non-hydrogen) atoms. The van der Waals surface area contributed by atoms with Crippen molar-refractivity contribution in [3.05, 3.63) is 17.0 Å². The third-order valence-corrected chi connectivity index (χ3v) is 4.94. The zero-order valence-electron chi connectivity index (χ0n) is 11.4. The molecule has 0 aliphatic heterocycles. The number of hydrogen-bond donors (Lipinski definition) is 2. The van der Waals surface area contributed by atoms with Crippen LogP contribution in [-0.2, 0) is 4.79 Å². The normalized spacial score (nSPS) is 26.6. The Balaban J connectivity index is 2.10. The number of nitrogens with zero attached hydrogens (tertiary/aromatic N) is 2. The average Bonchev–Trinajstić information content (AvgIpc) is 2.69. The molecule has 2 atom stereocenters. The number of carboxylic acids is 1. The van der Waals surface area contributed by atoms with Crippen LogP contribution in [0.15, 0.2) is 5.16 Å². The van der Waals surface area contributed by atoms with Gasteiger partial charge in [0.1, 0.15) is 5.54 Å². The molecule has 5 nitrogen and oxygen atoms in total. The van der Waals surface area contributed by atoms with Crippen LogP contribution < -0.4 is 5.73 Å². The van der Waals surface area contributed by atoms with Crippen LogP contribution in [0, 0.1) is 20.8 Å². The molecule has 0 radical (unpaired) electrons. The van der Waals surface area contributed by atoms with Gasteiger partial charge in [-0.1, -0.05) is 11.8 Å². The lowest BCUT2D eigenvalue weighted by Gasteiger charge is -2.17. The van der Waals surface area contributed by atoms with Crippen LogP contribution in [0.2, 0.25) is 0 Å². The van der Waals surface area contributed by atoms with Crippen molar-refractivity contribution in [3.8, 4) is 0 Å². The van der Waals surface area contributed by atoms with Crippen LogP contribution in [0.4, 0.5) is 0 Å². The van der Waals surface area contributed by atoms with Crippen LogP contribution in [0.25, 0.3) is 0 Å². The Bertz CT molecular complexity index is 498. The molecule has 2 unspecified atom stereocenters. The van der Waals surface area contributed by atoms with Gasteiger partial charge < -0.3 is 10.8 Å². The van der Waals surface area contributed by atoms with E-state index in [-0.39, 0.29) is 5.25 Å². The molecule has 1 saturated carbocycles. The SMILES string of the molecule is Cc1nc(SC2CCC(N)(C(=O)O)C2)nc(C)c1C. The summed E-state index contributed by atoms with van der Waals surface area (Å²) in [6.45, 7) is 5.93. The smallest absolute Gasteiger partial charge is 0.323 e. The fourth-order valence-corrected chi connectivity index (χ4v) is 3.56. The van der Waals surface area contributed by atoms with Crippen molar-refractivity contribution in [1.29, 1.82) is 0 Å². The number of aryl methyl sites for hydroxylation is 2. The molecule has 1 fully saturated rings. The van der Waals surface area contributed by atoms with Gasteiger partial charge in [0.05, 0.1) is 0 Å². The molecule has 104 valence electrons. The van der Waals surface area contributed by atoms with E-state index in [1.807, 2.05) is 20.8 Å². The molecule has 1 aliphatic carbocycles. The monoisotopic (exact) mass is 281 g/mol. The van der Waals surface area contributed by atoms with E-state index in [1.165, 1.54) is 0 Å². The molecular weight excluding hydrogens is 262 g/mol. The van der Waals surface area contributed by atoms with Gasteiger partial charge in [0.2, 0.25) is 0 Å². The summed E-state index contributed by atoms with van der Waals surface area (Å²) in [5, 5.41) is 10.0.